The molecular formula is C27H25N3O5. The summed E-state index contributed by atoms with van der Waals surface area (Å²) < 4.78 is 16.4. The van der Waals surface area contributed by atoms with Crippen LogP contribution in [0.15, 0.2) is 90.2 Å². The number of nitrogens with zero attached hydrogens (tertiary/aromatic N) is 1. The minimum absolute atomic E-state index is 0.168. The first kappa shape index (κ1) is 22.6. The van der Waals surface area contributed by atoms with Crippen LogP contribution < -0.4 is 5.32 Å². The number of aromatic nitrogens is 2. The number of anilines is 1. The first-order valence-corrected chi connectivity index (χ1v) is 11.2. The third-order valence-electron chi connectivity index (χ3n) is 6.42. The molecule has 0 amide bonds. The van der Waals surface area contributed by atoms with Crippen molar-refractivity contribution in [2.24, 2.45) is 0 Å². The van der Waals surface area contributed by atoms with E-state index < -0.39 is 29.7 Å². The summed E-state index contributed by atoms with van der Waals surface area (Å²) in [7, 11) is 2.58. The van der Waals surface area contributed by atoms with Gasteiger partial charge < -0.3 is 19.5 Å². The number of hydrogen-bond acceptors (Lipinski definition) is 7. The fourth-order valence-electron chi connectivity index (χ4n) is 4.76. The van der Waals surface area contributed by atoms with Gasteiger partial charge in [0.25, 0.3) is 0 Å². The summed E-state index contributed by atoms with van der Waals surface area (Å²) >= 11 is 0. The monoisotopic (exact) mass is 471 g/mol. The van der Waals surface area contributed by atoms with Crippen molar-refractivity contribution >= 4 is 17.6 Å². The first-order valence-electron chi connectivity index (χ1n) is 11.2. The Kier molecular flexibility index (Phi) is 5.96. The second kappa shape index (κ2) is 9.23. The molecule has 0 aliphatic carbocycles. The molecular weight excluding hydrogens is 446 g/mol. The van der Waals surface area contributed by atoms with Crippen LogP contribution in [0.3, 0.4) is 0 Å². The molecule has 178 valence electrons. The standard InChI is InChI=1S/C27H25N3O5/c1-33-25(31)23-21-12-14-27(35-21,24(23)26(32)34-2)22(29-19-6-4-3-5-7-19)16-17-8-10-18(11-9-17)20-13-15-28-30-20/h3-15,21-22,29H,16H2,1-2H3,(H,28,30). The number of aromatic amines is 1. The Hall–Kier alpha value is -4.17. The Morgan fingerprint density at radius 1 is 1.06 bits per heavy atom. The van der Waals surface area contributed by atoms with E-state index >= 15 is 0 Å². The molecule has 8 heteroatoms. The highest BCUT2D eigenvalue weighted by Gasteiger charge is 2.58. The molecule has 8 nitrogen and oxygen atoms in total. The molecule has 2 N–H and O–H groups in total. The molecule has 0 radical (unpaired) electrons. The van der Waals surface area contributed by atoms with Gasteiger partial charge in [-0.3, -0.25) is 5.10 Å². The molecule has 2 bridgehead atoms. The zero-order valence-electron chi connectivity index (χ0n) is 19.4. The van der Waals surface area contributed by atoms with E-state index in [0.29, 0.717) is 6.42 Å². The van der Waals surface area contributed by atoms with Gasteiger partial charge in [0.2, 0.25) is 0 Å². The molecule has 3 heterocycles. The van der Waals surface area contributed by atoms with Crippen molar-refractivity contribution in [1.82, 2.24) is 10.2 Å². The molecule has 0 fully saturated rings. The van der Waals surface area contributed by atoms with Gasteiger partial charge in [-0.25, -0.2) is 9.59 Å². The number of fused-ring (bicyclic) bond motifs is 2. The van der Waals surface area contributed by atoms with Gasteiger partial charge in [-0.2, -0.15) is 5.10 Å². The third-order valence-corrected chi connectivity index (χ3v) is 6.42. The van der Waals surface area contributed by atoms with Crippen LogP contribution in [0.25, 0.3) is 11.3 Å². The SMILES string of the molecule is COC(=O)C1=C(C(=O)OC)C2(C(Cc3ccc(-c4ccn[nH]4)cc3)Nc3ccccc3)C=CC1O2. The molecule has 35 heavy (non-hydrogen) atoms. The lowest BCUT2D eigenvalue weighted by Crippen LogP contribution is -2.49. The van der Waals surface area contributed by atoms with Crippen molar-refractivity contribution in [3.63, 3.8) is 0 Å². The average molecular weight is 472 g/mol. The summed E-state index contributed by atoms with van der Waals surface area (Å²) in [5.41, 5.74) is 2.95. The highest BCUT2D eigenvalue weighted by Crippen LogP contribution is 2.47. The number of carbonyl (C=O) groups is 2. The Labute approximate surface area is 202 Å². The number of ether oxygens (including phenoxy) is 3. The molecule has 0 saturated carbocycles. The van der Waals surface area contributed by atoms with Crippen LogP contribution in [0.4, 0.5) is 5.69 Å². The number of carbonyl (C=O) groups excluding carboxylic acids is 2. The van der Waals surface area contributed by atoms with E-state index in [2.05, 4.69) is 15.5 Å². The lowest BCUT2D eigenvalue weighted by Gasteiger charge is -2.36. The smallest absolute Gasteiger partial charge is 0.337 e. The number of H-pyrrole nitrogens is 1. The number of hydrogen-bond donors (Lipinski definition) is 2. The van der Waals surface area contributed by atoms with E-state index in [1.807, 2.05) is 66.7 Å². The number of benzene rings is 2. The maximum absolute atomic E-state index is 13.0. The first-order chi connectivity index (χ1) is 17.1. The van der Waals surface area contributed by atoms with Crippen molar-refractivity contribution in [3.8, 4) is 11.3 Å². The van der Waals surface area contributed by atoms with Crippen LogP contribution in [0.2, 0.25) is 0 Å². The zero-order valence-corrected chi connectivity index (χ0v) is 19.4. The molecule has 2 aliphatic heterocycles. The van der Waals surface area contributed by atoms with Crippen molar-refractivity contribution < 1.29 is 23.8 Å². The molecule has 2 aliphatic rings. The number of rotatable bonds is 8. The summed E-state index contributed by atoms with van der Waals surface area (Å²) in [6.45, 7) is 0. The van der Waals surface area contributed by atoms with Crippen molar-refractivity contribution in [3.05, 3.63) is 95.7 Å². The zero-order chi connectivity index (χ0) is 24.4. The van der Waals surface area contributed by atoms with E-state index in [4.69, 9.17) is 14.2 Å². The van der Waals surface area contributed by atoms with E-state index in [0.717, 1.165) is 22.5 Å². The van der Waals surface area contributed by atoms with Crippen LogP contribution in [0.1, 0.15) is 5.56 Å². The molecule has 0 saturated heterocycles. The van der Waals surface area contributed by atoms with E-state index in [1.54, 1.807) is 12.3 Å². The predicted molar refractivity (Wildman–Crippen MR) is 129 cm³/mol. The van der Waals surface area contributed by atoms with Crippen LogP contribution in [0, 0.1) is 0 Å². The number of nitrogens with one attached hydrogen (secondary N) is 2. The van der Waals surface area contributed by atoms with E-state index in [9.17, 15) is 9.59 Å². The highest BCUT2D eigenvalue weighted by molar-refractivity contribution is 6.05. The lowest BCUT2D eigenvalue weighted by molar-refractivity contribution is -0.139. The van der Waals surface area contributed by atoms with Crippen molar-refractivity contribution in [2.45, 2.75) is 24.2 Å². The third kappa shape index (κ3) is 4.02. The van der Waals surface area contributed by atoms with Gasteiger partial charge in [-0.05, 0) is 41.8 Å². The number of esters is 2. The molecule has 1 aromatic heterocycles. The Bertz CT molecular complexity index is 1280. The summed E-state index contributed by atoms with van der Waals surface area (Å²) in [6.07, 6.45) is 5.17. The molecule has 0 spiro atoms. The van der Waals surface area contributed by atoms with Crippen molar-refractivity contribution in [1.29, 1.82) is 0 Å². The average Bonchev–Trinajstić information content (AvgIpc) is 3.65. The van der Waals surface area contributed by atoms with Gasteiger partial charge in [-0.15, -0.1) is 0 Å². The number of methoxy groups -OCH3 is 2. The van der Waals surface area contributed by atoms with Crippen LogP contribution >= 0.6 is 0 Å². The van der Waals surface area contributed by atoms with Crippen LogP contribution in [-0.2, 0) is 30.2 Å². The quantitative estimate of drug-likeness (QED) is 0.383. The van der Waals surface area contributed by atoms with Gasteiger partial charge in [0, 0.05) is 11.9 Å². The van der Waals surface area contributed by atoms with E-state index in [-0.39, 0.29) is 11.1 Å². The van der Waals surface area contributed by atoms with Crippen LogP contribution in [0.5, 0.6) is 0 Å². The topological polar surface area (TPSA) is 103 Å². The van der Waals surface area contributed by atoms with Crippen LogP contribution in [-0.4, -0.2) is 54.1 Å². The number of para-hydroxylation sites is 1. The Morgan fingerprint density at radius 2 is 1.80 bits per heavy atom. The molecule has 5 rings (SSSR count). The minimum atomic E-state index is -1.21. The maximum Gasteiger partial charge on any atom is 0.337 e. The molecule has 3 atom stereocenters. The summed E-state index contributed by atoms with van der Waals surface area (Å²) in [5, 5.41) is 10.5. The fourth-order valence-corrected chi connectivity index (χ4v) is 4.76. The van der Waals surface area contributed by atoms with Gasteiger partial charge in [0.15, 0.2) is 0 Å². The van der Waals surface area contributed by atoms with Gasteiger partial charge in [0.05, 0.1) is 37.1 Å². The minimum Gasteiger partial charge on any atom is -0.466 e. The lowest BCUT2D eigenvalue weighted by atomic mass is 9.79. The largest absolute Gasteiger partial charge is 0.466 e. The second-order valence-electron chi connectivity index (χ2n) is 8.40. The highest BCUT2D eigenvalue weighted by atomic mass is 16.6. The fraction of sp³-hybridized carbons (Fsp3) is 0.222. The normalized spacial score (nSPS) is 21.1. The van der Waals surface area contributed by atoms with Gasteiger partial charge >= 0.3 is 11.9 Å². The Morgan fingerprint density at radius 3 is 2.46 bits per heavy atom. The molecule has 2 aromatic carbocycles. The van der Waals surface area contributed by atoms with Crippen molar-refractivity contribution in [2.75, 3.05) is 19.5 Å². The summed E-state index contributed by atoms with van der Waals surface area (Å²) in [4.78, 5) is 25.6. The van der Waals surface area contributed by atoms with Gasteiger partial charge in [0.1, 0.15) is 11.7 Å². The van der Waals surface area contributed by atoms with E-state index in [1.165, 1.54) is 14.2 Å². The molecule has 3 aromatic rings. The second-order valence-corrected chi connectivity index (χ2v) is 8.40. The summed E-state index contributed by atoms with van der Waals surface area (Å²) in [6, 6.07) is 19.2. The molecule has 3 unspecified atom stereocenters. The maximum atomic E-state index is 13.0. The summed E-state index contributed by atoms with van der Waals surface area (Å²) in [5.74, 6) is -1.23. The Balaban J connectivity index is 1.55. The predicted octanol–water partition coefficient (Wildman–Crippen LogP) is 3.45. The van der Waals surface area contributed by atoms with Gasteiger partial charge in [-0.1, -0.05) is 48.5 Å².